The molecule has 0 aliphatic rings. The Morgan fingerprint density at radius 1 is 1.10 bits per heavy atom. The predicted molar refractivity (Wildman–Crippen MR) is 47.1 cm³/mol. The molecule has 0 aromatic rings. The summed E-state index contributed by atoms with van der Waals surface area (Å²) in [6.07, 6.45) is 2.06. The Morgan fingerprint density at radius 2 is 1.40 bits per heavy atom. The van der Waals surface area contributed by atoms with Crippen molar-refractivity contribution >= 4 is 0 Å². The van der Waals surface area contributed by atoms with Gasteiger partial charge in [-0.15, -0.1) is 0 Å². The third kappa shape index (κ3) is 6.09. The van der Waals surface area contributed by atoms with E-state index in [-0.39, 0.29) is 6.10 Å². The van der Waals surface area contributed by atoms with Gasteiger partial charge in [-0.1, -0.05) is 40.5 Å². The average molecular weight is 146 g/mol. The summed E-state index contributed by atoms with van der Waals surface area (Å²) in [5.74, 6) is 0.509. The minimum Gasteiger partial charge on any atom is -0.393 e. The molecule has 0 rings (SSSR count). The van der Waals surface area contributed by atoms with Crippen LogP contribution in [0, 0.1) is 5.92 Å². The third-order valence-corrected chi connectivity index (χ3v) is 1.73. The molecule has 1 N–H and O–H groups in total. The van der Waals surface area contributed by atoms with Crippen molar-refractivity contribution in [1.29, 1.82) is 0 Å². The Kier molecular flexibility index (Phi) is 11.3. The minimum absolute atomic E-state index is 0.120. The molecule has 0 aliphatic heterocycles. The summed E-state index contributed by atoms with van der Waals surface area (Å²) in [5, 5.41) is 9.01. The van der Waals surface area contributed by atoms with Crippen LogP contribution < -0.4 is 0 Å². The molecule has 0 aromatic carbocycles. The van der Waals surface area contributed by atoms with Gasteiger partial charge in [0.1, 0.15) is 0 Å². The Bertz CT molecular complexity index is 46.7. The Labute approximate surface area is 65.5 Å². The zero-order valence-corrected chi connectivity index (χ0v) is 8.02. The van der Waals surface area contributed by atoms with Crippen molar-refractivity contribution in [2.45, 2.75) is 53.6 Å². The highest BCUT2D eigenvalue weighted by Gasteiger charge is 2.08. The smallest absolute Gasteiger partial charge is 0.0540 e. The summed E-state index contributed by atoms with van der Waals surface area (Å²) >= 11 is 0. The lowest BCUT2D eigenvalue weighted by Gasteiger charge is -2.14. The van der Waals surface area contributed by atoms with E-state index in [4.69, 9.17) is 5.11 Å². The van der Waals surface area contributed by atoms with Crippen molar-refractivity contribution in [3.8, 4) is 0 Å². The molecule has 10 heavy (non-hydrogen) atoms. The third-order valence-electron chi connectivity index (χ3n) is 1.73. The maximum Gasteiger partial charge on any atom is 0.0540 e. The lowest BCUT2D eigenvalue weighted by atomic mass is 9.98. The van der Waals surface area contributed by atoms with E-state index in [9.17, 15) is 0 Å². The molecule has 1 unspecified atom stereocenters. The number of hydrogen-bond acceptors (Lipinski definition) is 1. The first-order chi connectivity index (χ1) is 4.72. The zero-order chi connectivity index (χ0) is 8.57. The van der Waals surface area contributed by atoms with Crippen LogP contribution in [0.1, 0.15) is 47.5 Å². The van der Waals surface area contributed by atoms with Gasteiger partial charge in [0.05, 0.1) is 6.10 Å². The Hall–Kier alpha value is -0.0400. The first-order valence-electron chi connectivity index (χ1n) is 4.40. The van der Waals surface area contributed by atoms with Gasteiger partial charge in [-0.3, -0.25) is 0 Å². The van der Waals surface area contributed by atoms with Crippen molar-refractivity contribution in [3.63, 3.8) is 0 Å². The van der Waals surface area contributed by atoms with Crippen LogP contribution in [-0.4, -0.2) is 11.2 Å². The second-order valence-electron chi connectivity index (χ2n) is 2.32. The van der Waals surface area contributed by atoms with Gasteiger partial charge >= 0.3 is 0 Å². The maximum absolute atomic E-state index is 9.01. The van der Waals surface area contributed by atoms with Crippen LogP contribution in [0.4, 0.5) is 0 Å². The van der Waals surface area contributed by atoms with Crippen molar-refractivity contribution in [1.82, 2.24) is 0 Å². The van der Waals surface area contributed by atoms with Crippen LogP contribution in [0.2, 0.25) is 0 Å². The molecule has 0 saturated carbocycles. The molecular weight excluding hydrogens is 124 g/mol. The second-order valence-corrected chi connectivity index (χ2v) is 2.32. The first-order valence-corrected chi connectivity index (χ1v) is 4.40. The molecule has 1 atom stereocenters. The lowest BCUT2D eigenvalue weighted by molar-refractivity contribution is 0.120. The fraction of sp³-hybridized carbons (Fsp3) is 1.00. The normalized spacial score (nSPS) is 12.3. The Balaban J connectivity index is 0. The van der Waals surface area contributed by atoms with E-state index >= 15 is 0 Å². The molecule has 64 valence electrons. The van der Waals surface area contributed by atoms with Gasteiger partial charge in [-0.2, -0.15) is 0 Å². The van der Waals surface area contributed by atoms with E-state index in [2.05, 4.69) is 13.8 Å². The topological polar surface area (TPSA) is 20.2 Å². The molecule has 1 heteroatoms. The highest BCUT2D eigenvalue weighted by atomic mass is 16.3. The van der Waals surface area contributed by atoms with E-state index in [1.54, 1.807) is 0 Å². The van der Waals surface area contributed by atoms with E-state index in [0.29, 0.717) is 5.92 Å². The van der Waals surface area contributed by atoms with Gasteiger partial charge < -0.3 is 5.11 Å². The fourth-order valence-electron chi connectivity index (χ4n) is 0.971. The van der Waals surface area contributed by atoms with Crippen molar-refractivity contribution < 1.29 is 5.11 Å². The van der Waals surface area contributed by atoms with Gasteiger partial charge in [0.2, 0.25) is 0 Å². The maximum atomic E-state index is 9.01. The van der Waals surface area contributed by atoms with E-state index in [1.807, 2.05) is 20.8 Å². The number of hydrogen-bond donors (Lipinski definition) is 1. The van der Waals surface area contributed by atoms with Crippen LogP contribution in [-0.2, 0) is 0 Å². The van der Waals surface area contributed by atoms with E-state index in [1.165, 1.54) is 0 Å². The Morgan fingerprint density at radius 3 is 1.40 bits per heavy atom. The summed E-state index contributed by atoms with van der Waals surface area (Å²) in [6.45, 7) is 10.1. The molecule has 0 amide bonds. The van der Waals surface area contributed by atoms with Gasteiger partial charge in [0, 0.05) is 0 Å². The molecule has 0 heterocycles. The summed E-state index contributed by atoms with van der Waals surface area (Å²) in [5.41, 5.74) is 0. The second kappa shape index (κ2) is 8.96. The zero-order valence-electron chi connectivity index (χ0n) is 8.02. The van der Waals surface area contributed by atoms with E-state index < -0.39 is 0 Å². The summed E-state index contributed by atoms with van der Waals surface area (Å²) in [6, 6.07) is 0. The first kappa shape index (κ1) is 12.6. The van der Waals surface area contributed by atoms with Crippen LogP contribution in [0.15, 0.2) is 0 Å². The van der Waals surface area contributed by atoms with Crippen LogP contribution >= 0.6 is 0 Å². The molecule has 1 nitrogen and oxygen atoms in total. The SMILES string of the molecule is CC.CCC(CC)C(C)O. The van der Waals surface area contributed by atoms with Crippen LogP contribution in [0.5, 0.6) is 0 Å². The van der Waals surface area contributed by atoms with Crippen molar-refractivity contribution in [3.05, 3.63) is 0 Å². The monoisotopic (exact) mass is 146 g/mol. The summed E-state index contributed by atoms with van der Waals surface area (Å²) in [7, 11) is 0. The van der Waals surface area contributed by atoms with Gasteiger partial charge in [0.25, 0.3) is 0 Å². The van der Waals surface area contributed by atoms with E-state index in [0.717, 1.165) is 12.8 Å². The van der Waals surface area contributed by atoms with Gasteiger partial charge in [-0.25, -0.2) is 0 Å². The molecule has 0 spiro atoms. The molecule has 0 aliphatic carbocycles. The highest BCUT2D eigenvalue weighted by molar-refractivity contribution is 4.59. The number of rotatable bonds is 3. The fourth-order valence-corrected chi connectivity index (χ4v) is 0.971. The highest BCUT2D eigenvalue weighted by Crippen LogP contribution is 2.11. The van der Waals surface area contributed by atoms with Crippen LogP contribution in [0.25, 0.3) is 0 Å². The number of aliphatic hydroxyl groups is 1. The van der Waals surface area contributed by atoms with Gasteiger partial charge in [-0.05, 0) is 12.8 Å². The van der Waals surface area contributed by atoms with Crippen molar-refractivity contribution in [2.75, 3.05) is 0 Å². The molecule has 0 fully saturated rings. The van der Waals surface area contributed by atoms with Gasteiger partial charge in [0.15, 0.2) is 0 Å². The predicted octanol–water partition coefficient (Wildman–Crippen LogP) is 2.83. The largest absolute Gasteiger partial charge is 0.393 e. The minimum atomic E-state index is -0.120. The average Bonchev–Trinajstić information content (AvgIpc) is 1.94. The molecule has 0 bridgehead atoms. The summed E-state index contributed by atoms with van der Waals surface area (Å²) in [4.78, 5) is 0. The summed E-state index contributed by atoms with van der Waals surface area (Å²) < 4.78 is 0. The lowest BCUT2D eigenvalue weighted by Crippen LogP contribution is -2.14. The molecular formula is C9H22O. The molecule has 0 radical (unpaired) electrons. The van der Waals surface area contributed by atoms with Crippen molar-refractivity contribution in [2.24, 2.45) is 5.92 Å². The molecule has 0 aromatic heterocycles. The van der Waals surface area contributed by atoms with Crippen LogP contribution in [0.3, 0.4) is 0 Å². The quantitative estimate of drug-likeness (QED) is 0.649. The molecule has 0 saturated heterocycles. The standard InChI is InChI=1S/C7H16O.C2H6/c1-4-7(5-2)6(3)8;1-2/h6-8H,4-5H2,1-3H3;1-2H3. The number of aliphatic hydroxyl groups excluding tert-OH is 1.